The van der Waals surface area contributed by atoms with E-state index in [0.29, 0.717) is 10.7 Å². The predicted octanol–water partition coefficient (Wildman–Crippen LogP) is 4.67. The summed E-state index contributed by atoms with van der Waals surface area (Å²) in [5.74, 6) is -0.0788. The highest BCUT2D eigenvalue weighted by molar-refractivity contribution is 6.33. The molecule has 1 atom stereocenters. The number of halogens is 2. The molecule has 1 aliphatic rings. The molecule has 0 spiro atoms. The largest absolute Gasteiger partial charge is 0.508 e. The van der Waals surface area contributed by atoms with Gasteiger partial charge in [0.25, 0.3) is 0 Å². The molecule has 0 radical (unpaired) electrons. The highest BCUT2D eigenvalue weighted by Crippen LogP contribution is 2.36. The average Bonchev–Trinajstić information content (AvgIpc) is 2.42. The van der Waals surface area contributed by atoms with E-state index in [1.54, 1.807) is 18.2 Å². The zero-order valence-electron chi connectivity index (χ0n) is 10.9. The van der Waals surface area contributed by atoms with Crippen LogP contribution in [0.4, 0.5) is 10.1 Å². The Morgan fingerprint density at radius 1 is 1.20 bits per heavy atom. The van der Waals surface area contributed by atoms with Crippen LogP contribution in [0.15, 0.2) is 36.4 Å². The molecule has 0 aliphatic heterocycles. The van der Waals surface area contributed by atoms with Gasteiger partial charge in [0.1, 0.15) is 11.6 Å². The van der Waals surface area contributed by atoms with Crippen LogP contribution in [-0.4, -0.2) is 5.11 Å². The lowest BCUT2D eigenvalue weighted by Gasteiger charge is -2.27. The summed E-state index contributed by atoms with van der Waals surface area (Å²) in [5, 5.41) is 13.4. The number of phenolic OH excluding ortho intramolecular Hbond substituents is 1. The molecule has 3 rings (SSSR count). The van der Waals surface area contributed by atoms with E-state index in [0.717, 1.165) is 24.8 Å². The lowest BCUT2D eigenvalue weighted by atomic mass is 9.87. The molecular weight excluding hydrogens is 277 g/mol. The lowest BCUT2D eigenvalue weighted by molar-refractivity contribution is 0.471. The van der Waals surface area contributed by atoms with Gasteiger partial charge in [0.15, 0.2) is 0 Å². The number of nitrogens with one attached hydrogen (secondary N) is 1. The fourth-order valence-corrected chi connectivity index (χ4v) is 2.95. The molecule has 0 saturated carbocycles. The maximum atomic E-state index is 13.1. The van der Waals surface area contributed by atoms with E-state index >= 15 is 0 Å². The van der Waals surface area contributed by atoms with E-state index in [1.807, 2.05) is 6.07 Å². The summed E-state index contributed by atoms with van der Waals surface area (Å²) < 4.78 is 13.1. The number of fused-ring (bicyclic) bond motifs is 1. The summed E-state index contributed by atoms with van der Waals surface area (Å²) in [7, 11) is 0. The van der Waals surface area contributed by atoms with Gasteiger partial charge >= 0.3 is 0 Å². The van der Waals surface area contributed by atoms with Crippen molar-refractivity contribution < 1.29 is 9.50 Å². The van der Waals surface area contributed by atoms with Crippen molar-refractivity contribution >= 4 is 17.3 Å². The second kappa shape index (κ2) is 5.33. The van der Waals surface area contributed by atoms with Gasteiger partial charge in [-0.15, -0.1) is 0 Å². The van der Waals surface area contributed by atoms with Gasteiger partial charge in [0.2, 0.25) is 0 Å². The molecule has 4 heteroatoms. The minimum Gasteiger partial charge on any atom is -0.508 e. The summed E-state index contributed by atoms with van der Waals surface area (Å²) >= 11 is 6.06. The highest BCUT2D eigenvalue weighted by atomic mass is 35.5. The number of hydrogen-bond donors (Lipinski definition) is 2. The second-order valence-electron chi connectivity index (χ2n) is 5.10. The van der Waals surface area contributed by atoms with E-state index in [1.165, 1.54) is 17.7 Å². The van der Waals surface area contributed by atoms with Crippen LogP contribution in [0.3, 0.4) is 0 Å². The van der Waals surface area contributed by atoms with Crippen LogP contribution in [0, 0.1) is 5.82 Å². The zero-order chi connectivity index (χ0) is 14.1. The number of phenols is 1. The Kier molecular flexibility index (Phi) is 3.53. The fraction of sp³-hybridized carbons (Fsp3) is 0.250. The van der Waals surface area contributed by atoms with Gasteiger partial charge in [-0.3, -0.25) is 0 Å². The van der Waals surface area contributed by atoms with Crippen molar-refractivity contribution in [1.82, 2.24) is 0 Å². The Morgan fingerprint density at radius 3 is 2.85 bits per heavy atom. The third-order valence-corrected chi connectivity index (χ3v) is 4.02. The maximum absolute atomic E-state index is 13.1. The standard InChI is InChI=1S/C16H15ClFNO/c17-14-8-11(18)5-7-16(14)19-15-3-1-2-10-4-6-12(20)9-13(10)15/h4-9,15,19-20H,1-3H2. The molecule has 2 aromatic carbocycles. The normalized spacial score (nSPS) is 17.6. The van der Waals surface area contributed by atoms with Gasteiger partial charge in [-0.25, -0.2) is 4.39 Å². The maximum Gasteiger partial charge on any atom is 0.124 e. The molecule has 0 amide bonds. The van der Waals surface area contributed by atoms with Gasteiger partial charge in [-0.1, -0.05) is 17.7 Å². The average molecular weight is 292 g/mol. The first-order chi connectivity index (χ1) is 9.63. The molecule has 1 unspecified atom stereocenters. The molecule has 0 saturated heterocycles. The second-order valence-corrected chi connectivity index (χ2v) is 5.50. The monoisotopic (exact) mass is 291 g/mol. The van der Waals surface area contributed by atoms with Gasteiger partial charge < -0.3 is 10.4 Å². The molecule has 20 heavy (non-hydrogen) atoms. The minimum absolute atomic E-state index is 0.0915. The SMILES string of the molecule is Oc1ccc2c(c1)C(Nc1ccc(F)cc1Cl)CCC2. The number of hydrogen-bond acceptors (Lipinski definition) is 2. The Balaban J connectivity index is 1.91. The molecular formula is C16H15ClFNO. The van der Waals surface area contributed by atoms with Crippen molar-refractivity contribution in [2.24, 2.45) is 0 Å². The molecule has 0 aromatic heterocycles. The molecule has 104 valence electrons. The first-order valence-electron chi connectivity index (χ1n) is 6.67. The third kappa shape index (κ3) is 2.59. The molecule has 1 aliphatic carbocycles. The van der Waals surface area contributed by atoms with E-state index in [2.05, 4.69) is 5.32 Å². The van der Waals surface area contributed by atoms with Crippen molar-refractivity contribution in [3.05, 3.63) is 58.4 Å². The van der Waals surface area contributed by atoms with Crippen LogP contribution < -0.4 is 5.32 Å². The van der Waals surface area contributed by atoms with E-state index in [9.17, 15) is 9.50 Å². The number of benzene rings is 2. The minimum atomic E-state index is -0.345. The number of rotatable bonds is 2. The summed E-state index contributed by atoms with van der Waals surface area (Å²) in [6, 6.07) is 9.90. The van der Waals surface area contributed by atoms with Gasteiger partial charge in [0, 0.05) is 0 Å². The van der Waals surface area contributed by atoms with E-state index in [-0.39, 0.29) is 17.6 Å². The topological polar surface area (TPSA) is 32.3 Å². The summed E-state index contributed by atoms with van der Waals surface area (Å²) in [6.45, 7) is 0. The van der Waals surface area contributed by atoms with Crippen molar-refractivity contribution in [3.63, 3.8) is 0 Å². The van der Waals surface area contributed by atoms with Gasteiger partial charge in [0.05, 0.1) is 16.8 Å². The molecule has 0 heterocycles. The van der Waals surface area contributed by atoms with Crippen molar-refractivity contribution in [3.8, 4) is 5.75 Å². The highest BCUT2D eigenvalue weighted by Gasteiger charge is 2.21. The van der Waals surface area contributed by atoms with Crippen LogP contribution in [0.2, 0.25) is 5.02 Å². The first-order valence-corrected chi connectivity index (χ1v) is 7.04. The summed E-state index contributed by atoms with van der Waals surface area (Å²) in [4.78, 5) is 0. The van der Waals surface area contributed by atoms with Crippen LogP contribution in [0.1, 0.15) is 30.0 Å². The molecule has 0 bridgehead atoms. The summed E-state index contributed by atoms with van der Waals surface area (Å²) in [5.41, 5.74) is 3.05. The van der Waals surface area contributed by atoms with Crippen molar-refractivity contribution in [1.29, 1.82) is 0 Å². The third-order valence-electron chi connectivity index (χ3n) is 3.70. The molecule has 0 fully saturated rings. The molecule has 2 nitrogen and oxygen atoms in total. The van der Waals surface area contributed by atoms with E-state index < -0.39 is 0 Å². The van der Waals surface area contributed by atoms with E-state index in [4.69, 9.17) is 11.6 Å². The van der Waals surface area contributed by atoms with Crippen LogP contribution in [0.5, 0.6) is 5.75 Å². The van der Waals surface area contributed by atoms with Crippen LogP contribution in [0.25, 0.3) is 0 Å². The Hall–Kier alpha value is -1.74. The first kappa shape index (κ1) is 13.3. The smallest absolute Gasteiger partial charge is 0.124 e. The van der Waals surface area contributed by atoms with Crippen LogP contribution in [-0.2, 0) is 6.42 Å². The predicted molar refractivity (Wildman–Crippen MR) is 78.8 cm³/mol. The summed E-state index contributed by atoms with van der Waals surface area (Å²) in [6.07, 6.45) is 3.06. The van der Waals surface area contributed by atoms with Crippen molar-refractivity contribution in [2.75, 3.05) is 5.32 Å². The lowest BCUT2D eigenvalue weighted by Crippen LogP contribution is -2.17. The zero-order valence-corrected chi connectivity index (χ0v) is 11.6. The van der Waals surface area contributed by atoms with Crippen molar-refractivity contribution in [2.45, 2.75) is 25.3 Å². The quantitative estimate of drug-likeness (QED) is 0.842. The number of anilines is 1. The Bertz CT molecular complexity index is 644. The van der Waals surface area contributed by atoms with Gasteiger partial charge in [-0.2, -0.15) is 0 Å². The molecule has 2 N–H and O–H groups in total. The molecule has 2 aromatic rings. The van der Waals surface area contributed by atoms with Gasteiger partial charge in [-0.05, 0) is 60.7 Å². The number of aryl methyl sites for hydroxylation is 1. The fourth-order valence-electron chi connectivity index (χ4n) is 2.73. The Labute approximate surface area is 122 Å². The van der Waals surface area contributed by atoms with Crippen LogP contribution >= 0.6 is 11.6 Å². The number of aromatic hydroxyl groups is 1. The Morgan fingerprint density at radius 2 is 2.05 bits per heavy atom.